The fourth-order valence-electron chi connectivity index (χ4n) is 2.86. The maximum Gasteiger partial charge on any atom is 0.303 e. The van der Waals surface area contributed by atoms with Crippen molar-refractivity contribution in [1.29, 1.82) is 0 Å². The van der Waals surface area contributed by atoms with Crippen molar-refractivity contribution < 1.29 is 14.7 Å². The maximum atomic E-state index is 12.2. The van der Waals surface area contributed by atoms with Crippen LogP contribution in [0.5, 0.6) is 0 Å². The number of pyridine rings is 1. The molecule has 0 aliphatic heterocycles. The van der Waals surface area contributed by atoms with E-state index in [1.807, 2.05) is 11.4 Å². The van der Waals surface area contributed by atoms with E-state index in [1.165, 1.54) is 0 Å². The zero-order valence-corrected chi connectivity index (χ0v) is 12.2. The number of carbonyl (C=O) groups excluding carboxylic acids is 1. The van der Waals surface area contributed by atoms with E-state index in [1.54, 1.807) is 23.7 Å². The summed E-state index contributed by atoms with van der Waals surface area (Å²) in [4.78, 5) is 26.9. The summed E-state index contributed by atoms with van der Waals surface area (Å²) in [6.45, 7) is 0.607. The lowest BCUT2D eigenvalue weighted by atomic mass is 9.73. The lowest BCUT2D eigenvalue weighted by Gasteiger charge is -2.34. The van der Waals surface area contributed by atoms with Gasteiger partial charge in [0.15, 0.2) is 0 Å². The molecule has 2 aromatic heterocycles. The molecular formula is C15H16N2O3S. The van der Waals surface area contributed by atoms with Crippen LogP contribution in [-0.2, 0) is 4.79 Å². The molecule has 6 heteroatoms. The van der Waals surface area contributed by atoms with Crippen LogP contribution in [0.2, 0.25) is 0 Å². The quantitative estimate of drug-likeness (QED) is 0.889. The second kappa shape index (κ2) is 5.81. The van der Waals surface area contributed by atoms with E-state index in [0.29, 0.717) is 18.0 Å². The van der Waals surface area contributed by atoms with Crippen LogP contribution in [0.4, 0.5) is 0 Å². The molecule has 1 aliphatic rings. The molecule has 0 bridgehead atoms. The summed E-state index contributed by atoms with van der Waals surface area (Å²) in [5, 5.41) is 14.5. The Bertz CT molecular complexity index is 676. The van der Waals surface area contributed by atoms with Crippen molar-refractivity contribution >= 4 is 33.3 Å². The Hall–Kier alpha value is -1.95. The van der Waals surface area contributed by atoms with E-state index in [-0.39, 0.29) is 18.2 Å². The first-order valence-corrected chi connectivity index (χ1v) is 7.82. The average Bonchev–Trinajstić information content (AvgIpc) is 2.88. The minimum atomic E-state index is -0.738. The summed E-state index contributed by atoms with van der Waals surface area (Å²) in [7, 11) is 0. The Morgan fingerprint density at radius 3 is 2.90 bits per heavy atom. The van der Waals surface area contributed by atoms with Crippen molar-refractivity contribution in [3.63, 3.8) is 0 Å². The van der Waals surface area contributed by atoms with E-state index in [4.69, 9.17) is 5.11 Å². The molecule has 110 valence electrons. The predicted octanol–water partition coefficient (Wildman–Crippen LogP) is 2.53. The molecule has 5 nitrogen and oxygen atoms in total. The number of rotatable bonds is 5. The summed E-state index contributed by atoms with van der Waals surface area (Å²) >= 11 is 1.57. The SMILES string of the molecule is O=C(O)CC1CC(CNC(=O)c2cncc3sccc23)C1. The molecule has 1 amide bonds. The number of fused-ring (bicyclic) bond motifs is 1. The van der Waals surface area contributed by atoms with Gasteiger partial charge in [0.25, 0.3) is 5.91 Å². The zero-order chi connectivity index (χ0) is 14.8. The molecule has 0 saturated heterocycles. The van der Waals surface area contributed by atoms with Gasteiger partial charge in [0.1, 0.15) is 0 Å². The number of carbonyl (C=O) groups is 2. The van der Waals surface area contributed by atoms with Crippen molar-refractivity contribution in [2.75, 3.05) is 6.54 Å². The van der Waals surface area contributed by atoms with E-state index in [9.17, 15) is 9.59 Å². The van der Waals surface area contributed by atoms with Crippen LogP contribution in [0.1, 0.15) is 29.6 Å². The highest BCUT2D eigenvalue weighted by Gasteiger charge is 2.30. The van der Waals surface area contributed by atoms with Crippen molar-refractivity contribution in [3.05, 3.63) is 29.4 Å². The van der Waals surface area contributed by atoms with Crippen LogP contribution in [0, 0.1) is 11.8 Å². The molecule has 0 unspecified atom stereocenters. The number of nitrogens with zero attached hydrogens (tertiary/aromatic N) is 1. The third-order valence-corrected chi connectivity index (χ3v) is 4.82. The first-order valence-electron chi connectivity index (χ1n) is 6.94. The Morgan fingerprint density at radius 2 is 2.14 bits per heavy atom. The van der Waals surface area contributed by atoms with Gasteiger partial charge in [-0.1, -0.05) is 0 Å². The van der Waals surface area contributed by atoms with Gasteiger partial charge in [-0.25, -0.2) is 0 Å². The van der Waals surface area contributed by atoms with E-state index in [2.05, 4.69) is 10.3 Å². The van der Waals surface area contributed by atoms with Gasteiger partial charge in [0, 0.05) is 30.7 Å². The first kappa shape index (κ1) is 14.0. The number of thiophene rings is 1. The maximum absolute atomic E-state index is 12.2. The molecule has 1 fully saturated rings. The first-order chi connectivity index (χ1) is 10.1. The average molecular weight is 304 g/mol. The highest BCUT2D eigenvalue weighted by atomic mass is 32.1. The second-order valence-electron chi connectivity index (χ2n) is 5.53. The zero-order valence-electron chi connectivity index (χ0n) is 11.4. The van der Waals surface area contributed by atoms with Crippen LogP contribution in [0.3, 0.4) is 0 Å². The molecule has 0 spiro atoms. The predicted molar refractivity (Wildman–Crippen MR) is 80.4 cm³/mol. The van der Waals surface area contributed by atoms with Crippen LogP contribution in [0.15, 0.2) is 23.8 Å². The number of carboxylic acids is 1. The fraction of sp³-hybridized carbons (Fsp3) is 0.400. The number of nitrogens with one attached hydrogen (secondary N) is 1. The van der Waals surface area contributed by atoms with E-state index in [0.717, 1.165) is 22.9 Å². The topological polar surface area (TPSA) is 79.3 Å². The fourth-order valence-corrected chi connectivity index (χ4v) is 3.64. The van der Waals surface area contributed by atoms with Gasteiger partial charge in [-0.15, -0.1) is 11.3 Å². The van der Waals surface area contributed by atoms with Gasteiger partial charge in [-0.05, 0) is 36.1 Å². The summed E-state index contributed by atoms with van der Waals surface area (Å²) in [5.74, 6) is -0.176. The normalized spacial score (nSPS) is 21.0. The molecule has 21 heavy (non-hydrogen) atoms. The van der Waals surface area contributed by atoms with Crippen LogP contribution < -0.4 is 5.32 Å². The number of aromatic nitrogens is 1. The number of amides is 1. The minimum absolute atomic E-state index is 0.104. The number of hydrogen-bond acceptors (Lipinski definition) is 4. The largest absolute Gasteiger partial charge is 0.481 e. The molecule has 2 aromatic rings. The van der Waals surface area contributed by atoms with Crippen LogP contribution >= 0.6 is 11.3 Å². The van der Waals surface area contributed by atoms with Crippen molar-refractivity contribution in [1.82, 2.24) is 10.3 Å². The third-order valence-electron chi connectivity index (χ3n) is 3.97. The molecule has 0 atom stereocenters. The third kappa shape index (κ3) is 3.05. The monoisotopic (exact) mass is 304 g/mol. The molecule has 0 aromatic carbocycles. The summed E-state index contributed by atoms with van der Waals surface area (Å²) in [5.41, 5.74) is 0.607. The minimum Gasteiger partial charge on any atom is -0.481 e. The molecule has 1 saturated carbocycles. The Balaban J connectivity index is 1.54. The molecule has 2 heterocycles. The lowest BCUT2D eigenvalue weighted by Crippen LogP contribution is -2.36. The number of aliphatic carboxylic acids is 1. The number of carboxylic acid groups (broad SMARTS) is 1. The van der Waals surface area contributed by atoms with E-state index < -0.39 is 5.97 Å². The van der Waals surface area contributed by atoms with Crippen molar-refractivity contribution in [2.24, 2.45) is 11.8 Å². The number of hydrogen-bond donors (Lipinski definition) is 2. The molecular weight excluding hydrogens is 288 g/mol. The van der Waals surface area contributed by atoms with E-state index >= 15 is 0 Å². The van der Waals surface area contributed by atoms with Crippen molar-refractivity contribution in [2.45, 2.75) is 19.3 Å². The van der Waals surface area contributed by atoms with Crippen molar-refractivity contribution in [3.8, 4) is 0 Å². The summed E-state index contributed by atoms with van der Waals surface area (Å²) in [6, 6.07) is 1.93. The highest BCUT2D eigenvalue weighted by Crippen LogP contribution is 2.35. The van der Waals surface area contributed by atoms with Gasteiger partial charge >= 0.3 is 5.97 Å². The van der Waals surface area contributed by atoms with Crippen LogP contribution in [0.25, 0.3) is 10.1 Å². The molecule has 1 aliphatic carbocycles. The standard InChI is InChI=1S/C15H16N2O3S/c18-14(19)5-9-3-10(4-9)6-17-15(20)12-7-16-8-13-11(12)1-2-21-13/h1-2,7-10H,3-6H2,(H,17,20)(H,18,19). The Kier molecular flexibility index (Phi) is 3.88. The summed E-state index contributed by atoms with van der Waals surface area (Å²) < 4.78 is 1.01. The smallest absolute Gasteiger partial charge is 0.303 e. The van der Waals surface area contributed by atoms with Gasteiger partial charge in [-0.3, -0.25) is 14.6 Å². The van der Waals surface area contributed by atoms with Gasteiger partial charge < -0.3 is 10.4 Å². The highest BCUT2D eigenvalue weighted by molar-refractivity contribution is 7.17. The van der Waals surface area contributed by atoms with Gasteiger partial charge in [0.05, 0.1) is 10.3 Å². The summed E-state index contributed by atoms with van der Waals surface area (Å²) in [6.07, 6.45) is 5.36. The Labute approximate surface area is 126 Å². The Morgan fingerprint density at radius 1 is 1.33 bits per heavy atom. The molecule has 0 radical (unpaired) electrons. The molecule has 3 rings (SSSR count). The van der Waals surface area contributed by atoms with Gasteiger partial charge in [-0.2, -0.15) is 0 Å². The van der Waals surface area contributed by atoms with Crippen LogP contribution in [-0.4, -0.2) is 28.5 Å². The second-order valence-corrected chi connectivity index (χ2v) is 6.48. The van der Waals surface area contributed by atoms with Gasteiger partial charge in [0.2, 0.25) is 0 Å². The molecule has 2 N–H and O–H groups in total. The lowest BCUT2D eigenvalue weighted by molar-refractivity contribution is -0.139.